The molecule has 0 spiro atoms. The van der Waals surface area contributed by atoms with Crippen molar-refractivity contribution < 1.29 is 42.1 Å². The Balaban J connectivity index is 1.91. The van der Waals surface area contributed by atoms with Gasteiger partial charge in [-0.15, -0.1) is 0 Å². The molecule has 1 aliphatic heterocycles. The van der Waals surface area contributed by atoms with E-state index in [1.54, 1.807) is 43.1 Å². The third kappa shape index (κ3) is 11.0. The average Bonchev–Trinajstić information content (AvgIpc) is 3.01. The van der Waals surface area contributed by atoms with Crippen LogP contribution in [0.4, 0.5) is 18.9 Å². The van der Waals surface area contributed by atoms with Gasteiger partial charge in [0, 0.05) is 50.3 Å². The first-order chi connectivity index (χ1) is 21.3. The van der Waals surface area contributed by atoms with Gasteiger partial charge in [0.05, 0.1) is 36.8 Å². The maximum absolute atomic E-state index is 14.1. The predicted octanol–water partition coefficient (Wildman–Crippen LogP) is 5.54. The van der Waals surface area contributed by atoms with Gasteiger partial charge in [-0.05, 0) is 63.4 Å². The molecule has 0 bridgehead atoms. The molecule has 9 nitrogen and oxygen atoms in total. The van der Waals surface area contributed by atoms with Crippen molar-refractivity contribution in [3.63, 3.8) is 0 Å². The second-order valence-electron chi connectivity index (χ2n) is 11.7. The highest BCUT2D eigenvalue weighted by Crippen LogP contribution is 2.29. The first-order valence-electron chi connectivity index (χ1n) is 15.3. The van der Waals surface area contributed by atoms with Crippen molar-refractivity contribution in [3.8, 4) is 5.75 Å². The third-order valence-electron chi connectivity index (χ3n) is 7.79. The second kappa shape index (κ2) is 16.6. The molecule has 1 aliphatic rings. The molecule has 12 heteroatoms. The first-order valence-corrected chi connectivity index (χ1v) is 15.3. The third-order valence-corrected chi connectivity index (χ3v) is 7.79. The van der Waals surface area contributed by atoms with E-state index in [9.17, 15) is 32.7 Å². The van der Waals surface area contributed by atoms with Crippen LogP contribution in [0.5, 0.6) is 5.75 Å². The van der Waals surface area contributed by atoms with Gasteiger partial charge in [0.15, 0.2) is 0 Å². The molecule has 0 aliphatic carbocycles. The molecule has 0 aromatic heterocycles. The Morgan fingerprint density at radius 3 is 2.51 bits per heavy atom. The number of nitrogens with one attached hydrogen (secondary N) is 1. The van der Waals surface area contributed by atoms with Crippen LogP contribution in [0.3, 0.4) is 0 Å². The van der Waals surface area contributed by atoms with Gasteiger partial charge in [0.1, 0.15) is 5.75 Å². The number of rotatable bonds is 8. The fraction of sp³-hybridized carbons (Fsp3) is 0.545. The minimum Gasteiger partial charge on any atom is -0.490 e. The molecule has 4 atom stereocenters. The number of fused-ring (bicyclic) bond motifs is 1. The summed E-state index contributed by atoms with van der Waals surface area (Å²) in [6.07, 6.45) is -5.01. The van der Waals surface area contributed by atoms with Crippen molar-refractivity contribution in [1.82, 2.24) is 9.80 Å². The van der Waals surface area contributed by atoms with Crippen LogP contribution in [0, 0.1) is 5.92 Å². The Morgan fingerprint density at radius 2 is 1.84 bits per heavy atom. The Morgan fingerprint density at radius 1 is 1.13 bits per heavy atom. The van der Waals surface area contributed by atoms with Gasteiger partial charge >= 0.3 is 6.18 Å². The second-order valence-corrected chi connectivity index (χ2v) is 11.7. The number of nitrogens with zero attached hydrogens (tertiary/aromatic N) is 2. The summed E-state index contributed by atoms with van der Waals surface area (Å²) in [5, 5.41) is 12.6. The van der Waals surface area contributed by atoms with Crippen LogP contribution in [0.25, 0.3) is 0 Å². The van der Waals surface area contributed by atoms with E-state index in [0.717, 1.165) is 12.8 Å². The Kier molecular flexibility index (Phi) is 13.2. The van der Waals surface area contributed by atoms with E-state index in [-0.39, 0.29) is 54.6 Å². The molecule has 2 aromatic rings. The smallest absolute Gasteiger partial charge is 0.389 e. The van der Waals surface area contributed by atoms with Crippen LogP contribution >= 0.6 is 0 Å². The monoisotopic (exact) mass is 635 g/mol. The number of aliphatic hydroxyl groups excluding tert-OH is 1. The number of hydrogen-bond acceptors (Lipinski definition) is 6. The first kappa shape index (κ1) is 35.8. The van der Waals surface area contributed by atoms with Gasteiger partial charge in [0.25, 0.3) is 11.8 Å². The lowest BCUT2D eigenvalue weighted by atomic mass is 10.0. The summed E-state index contributed by atoms with van der Waals surface area (Å²) < 4.78 is 50.4. The highest BCUT2D eigenvalue weighted by Gasteiger charge is 2.32. The van der Waals surface area contributed by atoms with E-state index in [0.29, 0.717) is 18.6 Å². The summed E-state index contributed by atoms with van der Waals surface area (Å²) in [6, 6.07) is 12.7. The molecule has 3 amide bonds. The summed E-state index contributed by atoms with van der Waals surface area (Å²) in [6.45, 7) is 6.03. The molecule has 0 radical (unpaired) electrons. The number of anilines is 1. The van der Waals surface area contributed by atoms with Crippen LogP contribution in [0.1, 0.15) is 73.6 Å². The van der Waals surface area contributed by atoms with Crippen molar-refractivity contribution >= 4 is 23.4 Å². The maximum Gasteiger partial charge on any atom is 0.389 e. The number of amides is 3. The number of likely N-dealkylation sites (N-methyl/N-ethyl adjacent to an activating group) is 1. The molecule has 45 heavy (non-hydrogen) atoms. The van der Waals surface area contributed by atoms with E-state index in [1.165, 1.54) is 23.1 Å². The number of benzene rings is 2. The van der Waals surface area contributed by atoms with Crippen LogP contribution in [-0.4, -0.2) is 90.4 Å². The molecule has 3 rings (SSSR count). The van der Waals surface area contributed by atoms with E-state index in [4.69, 9.17) is 9.47 Å². The fourth-order valence-electron chi connectivity index (χ4n) is 5.10. The summed E-state index contributed by atoms with van der Waals surface area (Å²) in [4.78, 5) is 42.6. The lowest BCUT2D eigenvalue weighted by molar-refractivity contribution is -0.142. The zero-order valence-electron chi connectivity index (χ0n) is 26.3. The van der Waals surface area contributed by atoms with Crippen LogP contribution in [0.15, 0.2) is 48.5 Å². The van der Waals surface area contributed by atoms with Crippen LogP contribution < -0.4 is 10.1 Å². The minimum atomic E-state index is -4.47. The number of carbonyl (C=O) groups is 3. The predicted molar refractivity (Wildman–Crippen MR) is 164 cm³/mol. The van der Waals surface area contributed by atoms with Crippen molar-refractivity contribution in [2.45, 2.75) is 77.3 Å². The summed E-state index contributed by atoms with van der Waals surface area (Å²) >= 11 is 0. The summed E-state index contributed by atoms with van der Waals surface area (Å²) in [5.41, 5.74) is 0.804. The van der Waals surface area contributed by atoms with Crippen LogP contribution in [0.2, 0.25) is 0 Å². The highest BCUT2D eigenvalue weighted by molar-refractivity contribution is 5.99. The lowest BCUT2D eigenvalue weighted by Crippen LogP contribution is -2.48. The maximum atomic E-state index is 14.1. The number of hydrogen-bond donors (Lipinski definition) is 2. The average molecular weight is 636 g/mol. The van der Waals surface area contributed by atoms with Gasteiger partial charge in [-0.25, -0.2) is 0 Å². The quantitative estimate of drug-likeness (QED) is 0.395. The van der Waals surface area contributed by atoms with Crippen molar-refractivity contribution in [3.05, 3.63) is 59.7 Å². The van der Waals surface area contributed by atoms with Gasteiger partial charge in [0.2, 0.25) is 5.91 Å². The Bertz CT molecular complexity index is 1280. The van der Waals surface area contributed by atoms with E-state index in [2.05, 4.69) is 5.32 Å². The zero-order chi connectivity index (χ0) is 33.1. The summed E-state index contributed by atoms with van der Waals surface area (Å²) in [5.74, 6) is -1.49. The minimum absolute atomic E-state index is 0.105. The van der Waals surface area contributed by atoms with Crippen LogP contribution in [-0.2, 0) is 9.53 Å². The topological polar surface area (TPSA) is 108 Å². The molecular weight excluding hydrogens is 591 g/mol. The SMILES string of the molecule is C[C@@H]1CN([C@@H](C)CO)C(=O)c2cc(NC(=O)CCC(F)(F)F)ccc2O[C@@H](C)CCCCO[C@@H]1CN(C)C(=O)c1ccccc1. The molecule has 2 aromatic carbocycles. The number of alkyl halides is 3. The van der Waals surface area contributed by atoms with Gasteiger partial charge < -0.3 is 29.7 Å². The van der Waals surface area contributed by atoms with Gasteiger partial charge in [-0.1, -0.05) is 25.1 Å². The molecule has 248 valence electrons. The largest absolute Gasteiger partial charge is 0.490 e. The fourth-order valence-corrected chi connectivity index (χ4v) is 5.10. The van der Waals surface area contributed by atoms with E-state index < -0.39 is 43.0 Å². The number of aliphatic hydroxyl groups is 1. The normalized spacial score (nSPS) is 20.8. The molecule has 2 N–H and O–H groups in total. The highest BCUT2D eigenvalue weighted by atomic mass is 19.4. The Hall–Kier alpha value is -3.64. The number of carbonyl (C=O) groups excluding carboxylic acids is 3. The van der Waals surface area contributed by atoms with E-state index in [1.807, 2.05) is 19.9 Å². The van der Waals surface area contributed by atoms with Crippen molar-refractivity contribution in [2.24, 2.45) is 5.92 Å². The van der Waals surface area contributed by atoms with Gasteiger partial charge in [-0.2, -0.15) is 13.2 Å². The molecular formula is C33H44F3N3O6. The van der Waals surface area contributed by atoms with E-state index >= 15 is 0 Å². The number of ether oxygens (including phenoxy) is 2. The summed E-state index contributed by atoms with van der Waals surface area (Å²) in [7, 11) is 1.70. The molecule has 0 saturated heterocycles. The van der Waals surface area contributed by atoms with Crippen molar-refractivity contribution in [2.75, 3.05) is 38.7 Å². The molecule has 1 heterocycles. The molecule has 0 saturated carbocycles. The molecule has 0 fully saturated rings. The molecule has 0 unspecified atom stereocenters. The standard InChI is InChI=1S/C33H44F3N3O6/c1-22-19-39(23(2)21-40)32(43)27-18-26(37-30(41)15-16-33(34,35)36)13-14-28(27)45-24(3)10-8-9-17-44-29(22)20-38(4)31(42)25-11-6-5-7-12-25/h5-7,11-14,18,22-24,29,40H,8-10,15-17,19-21H2,1-4H3,(H,37,41)/t22-,23+,24+,29-/m1/s1. The van der Waals surface area contributed by atoms with Gasteiger partial charge in [-0.3, -0.25) is 14.4 Å². The zero-order valence-corrected chi connectivity index (χ0v) is 26.3. The lowest BCUT2D eigenvalue weighted by Gasteiger charge is -2.36. The van der Waals surface area contributed by atoms with Crippen molar-refractivity contribution in [1.29, 1.82) is 0 Å². The number of halogens is 3. The Labute approximate surface area is 262 Å².